The van der Waals surface area contributed by atoms with Crippen LogP contribution in [0.5, 0.6) is 5.75 Å². The smallest absolute Gasteiger partial charge is 0.220 e. The van der Waals surface area contributed by atoms with Crippen molar-refractivity contribution < 1.29 is 9.53 Å². The van der Waals surface area contributed by atoms with Crippen molar-refractivity contribution in [3.63, 3.8) is 0 Å². The molecule has 1 atom stereocenters. The summed E-state index contributed by atoms with van der Waals surface area (Å²) in [6.07, 6.45) is 8.70. The molecule has 0 aliphatic carbocycles. The van der Waals surface area contributed by atoms with Crippen molar-refractivity contribution in [2.24, 2.45) is 10.2 Å². The highest BCUT2D eigenvalue weighted by Gasteiger charge is 2.39. The number of rotatable bonds is 8. The Bertz CT molecular complexity index is 689. The minimum Gasteiger partial charge on any atom is -0.497 e. The fourth-order valence-corrected chi connectivity index (χ4v) is 3.20. The molecule has 0 spiro atoms. The van der Waals surface area contributed by atoms with Crippen LogP contribution in [0, 0.1) is 12.3 Å². The van der Waals surface area contributed by atoms with E-state index < -0.39 is 0 Å². The van der Waals surface area contributed by atoms with Gasteiger partial charge < -0.3 is 15.0 Å². The standard InChI is InChI=1S/C19H24N4O2/c1-3-4-10-19(21-22-19)11-8-18(24)20-15-9-12-23(14-15)16-6-5-7-17(13-16)25-2/h1,5-7,13,15H,4,8-12,14H2,2H3,(H,20,24). The first kappa shape index (κ1) is 17.3. The first-order chi connectivity index (χ1) is 12.1. The van der Waals surface area contributed by atoms with Crippen molar-refractivity contribution in [2.75, 3.05) is 25.1 Å². The Morgan fingerprint density at radius 1 is 1.48 bits per heavy atom. The van der Waals surface area contributed by atoms with Crippen LogP contribution < -0.4 is 15.0 Å². The Kier molecular flexibility index (Phi) is 5.22. The lowest BCUT2D eigenvalue weighted by Crippen LogP contribution is -2.37. The number of nitrogens with zero attached hydrogens (tertiary/aromatic N) is 3. The van der Waals surface area contributed by atoms with Crippen molar-refractivity contribution in [3.05, 3.63) is 24.3 Å². The Balaban J connectivity index is 1.43. The number of carbonyl (C=O) groups excluding carboxylic acids is 1. The molecular formula is C19H24N4O2. The van der Waals surface area contributed by atoms with Gasteiger partial charge in [0.25, 0.3) is 0 Å². The number of terminal acetylenes is 1. The highest BCUT2D eigenvalue weighted by atomic mass is 16.5. The monoisotopic (exact) mass is 340 g/mol. The van der Waals surface area contributed by atoms with Crippen LogP contribution in [-0.2, 0) is 4.79 Å². The van der Waals surface area contributed by atoms with Crippen molar-refractivity contribution in [3.8, 4) is 18.1 Å². The van der Waals surface area contributed by atoms with Gasteiger partial charge in [0.1, 0.15) is 5.75 Å². The summed E-state index contributed by atoms with van der Waals surface area (Å²) in [5.41, 5.74) is 0.742. The number of hydrogen-bond acceptors (Lipinski definition) is 5. The van der Waals surface area contributed by atoms with E-state index in [4.69, 9.17) is 11.2 Å². The maximum atomic E-state index is 12.2. The SMILES string of the molecule is C#CCCC1(CCC(=O)NC2CCN(c3cccc(OC)c3)C2)N=N1. The van der Waals surface area contributed by atoms with Crippen LogP contribution in [0.4, 0.5) is 5.69 Å². The van der Waals surface area contributed by atoms with Crippen LogP contribution in [0.1, 0.15) is 32.1 Å². The van der Waals surface area contributed by atoms with Gasteiger partial charge >= 0.3 is 0 Å². The van der Waals surface area contributed by atoms with E-state index in [1.165, 1.54) is 0 Å². The topological polar surface area (TPSA) is 66.3 Å². The van der Waals surface area contributed by atoms with E-state index in [1.54, 1.807) is 7.11 Å². The maximum Gasteiger partial charge on any atom is 0.220 e. The molecule has 1 N–H and O–H groups in total. The zero-order chi connectivity index (χ0) is 17.7. The Morgan fingerprint density at radius 2 is 2.32 bits per heavy atom. The minimum absolute atomic E-state index is 0.0647. The van der Waals surface area contributed by atoms with E-state index in [0.717, 1.165) is 37.4 Å². The van der Waals surface area contributed by atoms with Gasteiger partial charge in [-0.15, -0.1) is 12.3 Å². The quantitative estimate of drug-likeness (QED) is 0.740. The van der Waals surface area contributed by atoms with Crippen LogP contribution in [0.3, 0.4) is 0 Å². The summed E-state index contributed by atoms with van der Waals surface area (Å²) < 4.78 is 5.28. The largest absolute Gasteiger partial charge is 0.497 e. The molecule has 1 fully saturated rings. The lowest BCUT2D eigenvalue weighted by molar-refractivity contribution is -0.121. The molecule has 0 bridgehead atoms. The van der Waals surface area contributed by atoms with E-state index in [0.29, 0.717) is 19.3 Å². The maximum absolute atomic E-state index is 12.2. The molecule has 6 nitrogen and oxygen atoms in total. The highest BCUT2D eigenvalue weighted by Crippen LogP contribution is 2.37. The van der Waals surface area contributed by atoms with Gasteiger partial charge in [0, 0.05) is 56.6 Å². The molecule has 0 saturated carbocycles. The van der Waals surface area contributed by atoms with Gasteiger partial charge in [0.2, 0.25) is 5.91 Å². The molecule has 1 unspecified atom stereocenters. The second-order valence-corrected chi connectivity index (χ2v) is 6.59. The van der Waals surface area contributed by atoms with Crippen LogP contribution in [0.2, 0.25) is 0 Å². The number of amides is 1. The molecule has 25 heavy (non-hydrogen) atoms. The summed E-state index contributed by atoms with van der Waals surface area (Å²) in [5.74, 6) is 3.51. The van der Waals surface area contributed by atoms with E-state index >= 15 is 0 Å². The Hall–Kier alpha value is -2.55. The van der Waals surface area contributed by atoms with E-state index in [9.17, 15) is 4.79 Å². The molecule has 2 aliphatic rings. The predicted molar refractivity (Wildman–Crippen MR) is 96.6 cm³/mol. The Labute approximate surface area is 148 Å². The van der Waals surface area contributed by atoms with E-state index in [-0.39, 0.29) is 17.6 Å². The van der Waals surface area contributed by atoms with Crippen LogP contribution in [-0.4, -0.2) is 37.8 Å². The van der Waals surface area contributed by atoms with Crippen molar-refractivity contribution >= 4 is 11.6 Å². The van der Waals surface area contributed by atoms with Crippen LogP contribution in [0.15, 0.2) is 34.5 Å². The average Bonchev–Trinajstić information content (AvgIpc) is 3.27. The number of ether oxygens (including phenoxy) is 1. The van der Waals surface area contributed by atoms with Gasteiger partial charge in [-0.3, -0.25) is 4.79 Å². The molecule has 1 saturated heterocycles. The molecule has 0 radical (unpaired) electrons. The number of hydrogen-bond donors (Lipinski definition) is 1. The third-order valence-electron chi connectivity index (χ3n) is 4.78. The molecule has 3 rings (SSSR count). The highest BCUT2D eigenvalue weighted by molar-refractivity contribution is 5.76. The van der Waals surface area contributed by atoms with Crippen molar-refractivity contribution in [2.45, 2.75) is 43.8 Å². The molecule has 1 aromatic carbocycles. The number of methoxy groups -OCH3 is 1. The van der Waals surface area contributed by atoms with E-state index in [1.807, 2.05) is 18.2 Å². The lowest BCUT2D eigenvalue weighted by atomic mass is 10.0. The van der Waals surface area contributed by atoms with Crippen LogP contribution >= 0.6 is 0 Å². The number of carbonyl (C=O) groups is 1. The second-order valence-electron chi connectivity index (χ2n) is 6.59. The molecule has 1 amide bonds. The van der Waals surface area contributed by atoms with Gasteiger partial charge in [-0.05, 0) is 18.6 Å². The molecule has 0 aromatic heterocycles. The summed E-state index contributed by atoms with van der Waals surface area (Å²) in [7, 11) is 1.67. The summed E-state index contributed by atoms with van der Waals surface area (Å²) in [6, 6.07) is 8.18. The van der Waals surface area contributed by atoms with Gasteiger partial charge in [0.05, 0.1) is 7.11 Å². The van der Waals surface area contributed by atoms with Gasteiger partial charge in [-0.1, -0.05) is 6.07 Å². The summed E-state index contributed by atoms with van der Waals surface area (Å²) in [6.45, 7) is 1.74. The average molecular weight is 340 g/mol. The van der Waals surface area contributed by atoms with Crippen molar-refractivity contribution in [1.29, 1.82) is 0 Å². The molecular weight excluding hydrogens is 316 g/mol. The molecule has 2 heterocycles. The molecule has 1 aromatic rings. The zero-order valence-corrected chi connectivity index (χ0v) is 14.6. The van der Waals surface area contributed by atoms with Gasteiger partial charge in [-0.25, -0.2) is 0 Å². The molecule has 2 aliphatic heterocycles. The third-order valence-corrected chi connectivity index (χ3v) is 4.78. The number of anilines is 1. The summed E-state index contributed by atoms with van der Waals surface area (Å²) >= 11 is 0. The fraction of sp³-hybridized carbons (Fsp3) is 0.526. The fourth-order valence-electron chi connectivity index (χ4n) is 3.20. The molecule has 132 valence electrons. The number of nitrogens with one attached hydrogen (secondary N) is 1. The summed E-state index contributed by atoms with van der Waals surface area (Å²) in [4.78, 5) is 14.5. The van der Waals surface area contributed by atoms with Crippen molar-refractivity contribution in [1.82, 2.24) is 5.32 Å². The van der Waals surface area contributed by atoms with Crippen LogP contribution in [0.25, 0.3) is 0 Å². The van der Waals surface area contributed by atoms with E-state index in [2.05, 4.69) is 32.4 Å². The first-order valence-corrected chi connectivity index (χ1v) is 8.70. The minimum atomic E-state index is -0.383. The normalized spacial score (nSPS) is 20.2. The second kappa shape index (κ2) is 7.56. The predicted octanol–water partition coefficient (Wildman–Crippen LogP) is 2.75. The molecule has 6 heteroatoms. The number of benzene rings is 1. The lowest BCUT2D eigenvalue weighted by Gasteiger charge is -2.19. The zero-order valence-electron chi connectivity index (χ0n) is 14.6. The third kappa shape index (κ3) is 4.50. The first-order valence-electron chi connectivity index (χ1n) is 8.70. The van der Waals surface area contributed by atoms with Gasteiger partial charge in [0.15, 0.2) is 5.66 Å². The van der Waals surface area contributed by atoms with Gasteiger partial charge in [-0.2, -0.15) is 10.2 Å². The Morgan fingerprint density at radius 3 is 3.04 bits per heavy atom. The summed E-state index contributed by atoms with van der Waals surface area (Å²) in [5, 5.41) is 11.3.